The second-order valence-electron chi connectivity index (χ2n) is 4.94. The van der Waals surface area contributed by atoms with Crippen LogP contribution in [0.4, 0.5) is 4.39 Å². The van der Waals surface area contributed by atoms with E-state index in [1.54, 1.807) is 12.1 Å². The fourth-order valence-electron chi connectivity index (χ4n) is 2.24. The van der Waals surface area contributed by atoms with Gasteiger partial charge in [-0.2, -0.15) is 0 Å². The van der Waals surface area contributed by atoms with E-state index in [9.17, 15) is 4.39 Å². The molecule has 0 amide bonds. The van der Waals surface area contributed by atoms with Gasteiger partial charge >= 0.3 is 0 Å². The summed E-state index contributed by atoms with van der Waals surface area (Å²) in [6.45, 7) is 6.57. The Kier molecular flexibility index (Phi) is 5.60. The van der Waals surface area contributed by atoms with Crippen LogP contribution in [0.5, 0.6) is 0 Å². The smallest absolute Gasteiger partial charge is 0.191 e. The van der Waals surface area contributed by atoms with E-state index >= 15 is 0 Å². The third-order valence-corrected chi connectivity index (χ3v) is 3.25. The molecular formula is C16H23FN4. The van der Waals surface area contributed by atoms with Gasteiger partial charge in [0.1, 0.15) is 5.82 Å². The van der Waals surface area contributed by atoms with E-state index in [4.69, 9.17) is 0 Å². The summed E-state index contributed by atoms with van der Waals surface area (Å²) < 4.78 is 13.3. The summed E-state index contributed by atoms with van der Waals surface area (Å²) in [5, 5.41) is 7.47. The number of aromatic amines is 1. The number of aromatic nitrogens is 1. The van der Waals surface area contributed by atoms with Crippen molar-refractivity contribution >= 4 is 16.9 Å². The van der Waals surface area contributed by atoms with Gasteiger partial charge in [0.2, 0.25) is 0 Å². The van der Waals surface area contributed by atoms with Crippen molar-refractivity contribution in [1.82, 2.24) is 15.6 Å². The summed E-state index contributed by atoms with van der Waals surface area (Å²) in [7, 11) is 0. The minimum Gasteiger partial charge on any atom is -0.361 e. The number of nitrogens with zero attached hydrogens (tertiary/aromatic N) is 1. The van der Waals surface area contributed by atoms with Gasteiger partial charge in [0.15, 0.2) is 5.96 Å². The highest BCUT2D eigenvalue weighted by atomic mass is 19.1. The van der Waals surface area contributed by atoms with Gasteiger partial charge < -0.3 is 15.6 Å². The Morgan fingerprint density at radius 1 is 1.29 bits per heavy atom. The molecule has 5 heteroatoms. The maximum atomic E-state index is 13.3. The highest BCUT2D eigenvalue weighted by Gasteiger charge is 2.05. The van der Waals surface area contributed by atoms with Crippen molar-refractivity contribution in [3.8, 4) is 0 Å². The lowest BCUT2D eigenvalue weighted by Gasteiger charge is -2.10. The minimum atomic E-state index is -0.200. The van der Waals surface area contributed by atoms with Crippen molar-refractivity contribution in [2.45, 2.75) is 26.7 Å². The second kappa shape index (κ2) is 7.67. The second-order valence-corrected chi connectivity index (χ2v) is 4.94. The first-order chi connectivity index (χ1) is 10.2. The molecule has 2 aromatic rings. The van der Waals surface area contributed by atoms with Gasteiger partial charge in [0.05, 0.1) is 0 Å². The van der Waals surface area contributed by atoms with E-state index in [2.05, 4.69) is 27.5 Å². The normalized spacial score (nSPS) is 11.9. The van der Waals surface area contributed by atoms with Gasteiger partial charge in [0.25, 0.3) is 0 Å². The van der Waals surface area contributed by atoms with Gasteiger partial charge in [-0.3, -0.25) is 4.99 Å². The van der Waals surface area contributed by atoms with Crippen LogP contribution in [0.25, 0.3) is 10.9 Å². The van der Waals surface area contributed by atoms with Crippen LogP contribution in [-0.2, 0) is 6.42 Å². The SMILES string of the molecule is CCCN=C(NCC)NCCc1c[nH]c2ccc(F)cc12. The summed E-state index contributed by atoms with van der Waals surface area (Å²) in [4.78, 5) is 7.63. The molecule has 0 fully saturated rings. The summed E-state index contributed by atoms with van der Waals surface area (Å²) in [6, 6.07) is 4.83. The monoisotopic (exact) mass is 290 g/mol. The van der Waals surface area contributed by atoms with Crippen LogP contribution < -0.4 is 10.6 Å². The molecule has 0 aliphatic heterocycles. The number of fused-ring (bicyclic) bond motifs is 1. The quantitative estimate of drug-likeness (QED) is 0.566. The van der Waals surface area contributed by atoms with E-state index < -0.39 is 0 Å². The van der Waals surface area contributed by atoms with Crippen molar-refractivity contribution in [1.29, 1.82) is 0 Å². The molecule has 1 aromatic carbocycles. The first-order valence-corrected chi connectivity index (χ1v) is 7.52. The highest BCUT2D eigenvalue weighted by molar-refractivity contribution is 5.83. The minimum absolute atomic E-state index is 0.200. The Hall–Kier alpha value is -2.04. The zero-order valence-corrected chi connectivity index (χ0v) is 12.7. The van der Waals surface area contributed by atoms with Crippen LogP contribution in [0.15, 0.2) is 29.4 Å². The largest absolute Gasteiger partial charge is 0.361 e. The number of rotatable bonds is 6. The zero-order chi connectivity index (χ0) is 15.1. The standard InChI is InChI=1S/C16H23FN4/c1-3-8-19-16(18-4-2)20-9-7-12-11-21-15-6-5-13(17)10-14(12)15/h5-6,10-11,21H,3-4,7-9H2,1-2H3,(H2,18,19,20). The number of hydrogen-bond donors (Lipinski definition) is 3. The van der Waals surface area contributed by atoms with E-state index in [1.165, 1.54) is 6.07 Å². The van der Waals surface area contributed by atoms with Crippen molar-refractivity contribution < 1.29 is 4.39 Å². The van der Waals surface area contributed by atoms with Crippen LogP contribution in [0.2, 0.25) is 0 Å². The summed E-state index contributed by atoms with van der Waals surface area (Å²) in [6.07, 6.45) is 3.79. The molecule has 0 bridgehead atoms. The summed E-state index contributed by atoms with van der Waals surface area (Å²) in [5.74, 6) is 0.638. The average molecular weight is 290 g/mol. The first kappa shape index (κ1) is 15.4. The van der Waals surface area contributed by atoms with E-state index in [0.717, 1.165) is 54.9 Å². The lowest BCUT2D eigenvalue weighted by Crippen LogP contribution is -2.38. The van der Waals surface area contributed by atoms with Crippen LogP contribution in [0.3, 0.4) is 0 Å². The van der Waals surface area contributed by atoms with Crippen LogP contribution in [0, 0.1) is 5.82 Å². The molecule has 0 spiro atoms. The molecule has 21 heavy (non-hydrogen) atoms. The Morgan fingerprint density at radius 2 is 2.14 bits per heavy atom. The molecule has 0 aliphatic carbocycles. The summed E-state index contributed by atoms with van der Waals surface area (Å²) in [5.41, 5.74) is 2.08. The number of halogens is 1. The molecule has 1 aromatic heterocycles. The van der Waals surface area contributed by atoms with Crippen molar-refractivity contribution in [3.63, 3.8) is 0 Å². The van der Waals surface area contributed by atoms with E-state index in [-0.39, 0.29) is 5.82 Å². The van der Waals surface area contributed by atoms with Crippen molar-refractivity contribution in [2.75, 3.05) is 19.6 Å². The Bertz CT molecular complexity index is 603. The van der Waals surface area contributed by atoms with Crippen LogP contribution in [0.1, 0.15) is 25.8 Å². The van der Waals surface area contributed by atoms with Gasteiger partial charge in [-0.25, -0.2) is 4.39 Å². The number of nitrogens with one attached hydrogen (secondary N) is 3. The molecule has 0 atom stereocenters. The lowest BCUT2D eigenvalue weighted by molar-refractivity contribution is 0.629. The Morgan fingerprint density at radius 3 is 2.90 bits per heavy atom. The number of benzene rings is 1. The molecule has 1 heterocycles. The number of H-pyrrole nitrogens is 1. The number of guanidine groups is 1. The molecule has 0 aliphatic rings. The molecule has 0 saturated carbocycles. The fourth-order valence-corrected chi connectivity index (χ4v) is 2.24. The Labute approximate surface area is 124 Å². The molecular weight excluding hydrogens is 267 g/mol. The third-order valence-electron chi connectivity index (χ3n) is 3.25. The molecule has 0 radical (unpaired) electrons. The molecule has 4 nitrogen and oxygen atoms in total. The first-order valence-electron chi connectivity index (χ1n) is 7.52. The van der Waals surface area contributed by atoms with Crippen LogP contribution >= 0.6 is 0 Å². The van der Waals surface area contributed by atoms with Gasteiger partial charge in [-0.05, 0) is 43.5 Å². The lowest BCUT2D eigenvalue weighted by atomic mass is 10.1. The topological polar surface area (TPSA) is 52.2 Å². The third kappa shape index (κ3) is 4.21. The number of hydrogen-bond acceptors (Lipinski definition) is 1. The molecule has 3 N–H and O–H groups in total. The van der Waals surface area contributed by atoms with Gasteiger partial charge in [-0.1, -0.05) is 6.92 Å². The van der Waals surface area contributed by atoms with Crippen molar-refractivity contribution in [2.24, 2.45) is 4.99 Å². The predicted molar refractivity (Wildman–Crippen MR) is 86.2 cm³/mol. The maximum Gasteiger partial charge on any atom is 0.191 e. The summed E-state index contributed by atoms with van der Waals surface area (Å²) >= 11 is 0. The molecule has 0 saturated heterocycles. The predicted octanol–water partition coefficient (Wildman–Crippen LogP) is 2.81. The fraction of sp³-hybridized carbons (Fsp3) is 0.438. The van der Waals surface area contributed by atoms with E-state index in [1.807, 2.05) is 13.1 Å². The molecule has 0 unspecified atom stereocenters. The van der Waals surface area contributed by atoms with Crippen LogP contribution in [-0.4, -0.2) is 30.6 Å². The maximum absolute atomic E-state index is 13.3. The van der Waals surface area contributed by atoms with Gasteiger partial charge in [-0.15, -0.1) is 0 Å². The zero-order valence-electron chi connectivity index (χ0n) is 12.7. The average Bonchev–Trinajstić information content (AvgIpc) is 2.87. The molecule has 114 valence electrons. The Balaban J connectivity index is 1.96. The van der Waals surface area contributed by atoms with Crippen molar-refractivity contribution in [3.05, 3.63) is 35.8 Å². The highest BCUT2D eigenvalue weighted by Crippen LogP contribution is 2.19. The van der Waals surface area contributed by atoms with Gasteiger partial charge in [0, 0.05) is 36.7 Å². The molecule has 2 rings (SSSR count). The van der Waals surface area contributed by atoms with E-state index in [0.29, 0.717) is 0 Å². The number of aliphatic imine (C=N–C) groups is 1.